The van der Waals surface area contributed by atoms with Gasteiger partial charge in [0.05, 0.1) is 23.3 Å². The van der Waals surface area contributed by atoms with Crippen molar-refractivity contribution in [3.05, 3.63) is 22.4 Å². The Morgan fingerprint density at radius 1 is 1.35 bits per heavy atom. The van der Waals surface area contributed by atoms with Gasteiger partial charge in [0.1, 0.15) is 0 Å². The highest BCUT2D eigenvalue weighted by Gasteiger charge is 2.37. The van der Waals surface area contributed by atoms with Gasteiger partial charge in [-0.25, -0.2) is 4.79 Å². The molecule has 0 saturated carbocycles. The van der Waals surface area contributed by atoms with Gasteiger partial charge in [0.25, 0.3) is 5.91 Å². The molecular formula is C14H17BN2O8S. The Morgan fingerprint density at radius 2 is 2.12 bits per heavy atom. The monoisotopic (exact) mass is 384 g/mol. The van der Waals surface area contributed by atoms with Crippen LogP contribution in [0.15, 0.2) is 22.7 Å². The summed E-state index contributed by atoms with van der Waals surface area (Å²) in [5, 5.41) is 35.2. The molecule has 1 aliphatic heterocycles. The minimum atomic E-state index is -1.36. The molecule has 12 heteroatoms. The molecule has 0 spiro atoms. The quantitative estimate of drug-likeness (QED) is 0.271. The lowest BCUT2D eigenvalue weighted by atomic mass is 9.72. The second-order valence-electron chi connectivity index (χ2n) is 5.49. The van der Waals surface area contributed by atoms with Crippen molar-refractivity contribution >= 4 is 42.0 Å². The van der Waals surface area contributed by atoms with Crippen molar-refractivity contribution < 1.29 is 39.1 Å². The molecule has 1 fully saturated rings. The van der Waals surface area contributed by atoms with Gasteiger partial charge in [-0.05, 0) is 24.3 Å². The van der Waals surface area contributed by atoms with Crippen LogP contribution in [0.2, 0.25) is 0 Å². The first kappa shape index (κ1) is 19.9. The lowest BCUT2D eigenvalue weighted by Gasteiger charge is -2.30. The molecule has 10 nitrogen and oxygen atoms in total. The Labute approximate surface area is 152 Å². The fourth-order valence-electron chi connectivity index (χ4n) is 2.36. The van der Waals surface area contributed by atoms with E-state index in [1.165, 1.54) is 11.3 Å². The molecule has 4 N–H and O–H groups in total. The Bertz CT molecular complexity index is 680. The zero-order valence-corrected chi connectivity index (χ0v) is 14.3. The van der Waals surface area contributed by atoms with E-state index in [1.54, 1.807) is 17.5 Å². The number of hydrogen-bond acceptors (Lipinski definition) is 8. The summed E-state index contributed by atoms with van der Waals surface area (Å²) in [7, 11) is -1.36. The number of carboxylic acid groups (broad SMARTS) is 2. The van der Waals surface area contributed by atoms with E-state index in [0.29, 0.717) is 17.7 Å². The third-order valence-electron chi connectivity index (χ3n) is 3.51. The van der Waals surface area contributed by atoms with Crippen LogP contribution in [0.4, 0.5) is 0 Å². The zero-order valence-electron chi connectivity index (χ0n) is 13.5. The summed E-state index contributed by atoms with van der Waals surface area (Å²) >= 11 is 1.21. The van der Waals surface area contributed by atoms with Crippen molar-refractivity contribution in [2.24, 2.45) is 5.16 Å². The van der Waals surface area contributed by atoms with Crippen LogP contribution in [-0.2, 0) is 23.9 Å². The summed E-state index contributed by atoms with van der Waals surface area (Å²) in [4.78, 5) is 38.8. The molecule has 1 aliphatic rings. The van der Waals surface area contributed by atoms with Gasteiger partial charge in [-0.15, -0.1) is 11.3 Å². The summed E-state index contributed by atoms with van der Waals surface area (Å²) in [6.07, 6.45) is -0.184. The predicted octanol–water partition coefficient (Wildman–Crippen LogP) is -0.288. The number of thiophene rings is 1. The SMILES string of the molecule is O=C(O)CO/N=C(/C(=O)NC1CCC(CC(=O)O)OB1O)c1cccs1. The molecule has 2 unspecified atom stereocenters. The van der Waals surface area contributed by atoms with Crippen molar-refractivity contribution in [2.45, 2.75) is 31.3 Å². The molecule has 0 radical (unpaired) electrons. The first-order chi connectivity index (χ1) is 12.4. The molecule has 1 saturated heterocycles. The summed E-state index contributed by atoms with van der Waals surface area (Å²) in [6, 6.07) is 3.30. The molecule has 1 aromatic rings. The van der Waals surface area contributed by atoms with E-state index in [4.69, 9.17) is 14.9 Å². The normalized spacial score (nSPS) is 20.5. The van der Waals surface area contributed by atoms with Crippen LogP contribution in [0.3, 0.4) is 0 Å². The highest BCUT2D eigenvalue weighted by molar-refractivity contribution is 7.13. The van der Waals surface area contributed by atoms with E-state index < -0.39 is 43.6 Å². The van der Waals surface area contributed by atoms with Crippen LogP contribution in [0.25, 0.3) is 0 Å². The smallest absolute Gasteiger partial charge is 0.478 e. The van der Waals surface area contributed by atoms with Crippen LogP contribution < -0.4 is 5.32 Å². The average molecular weight is 384 g/mol. The van der Waals surface area contributed by atoms with E-state index in [1.807, 2.05) is 0 Å². The molecule has 0 aliphatic carbocycles. The van der Waals surface area contributed by atoms with Crippen molar-refractivity contribution in [1.29, 1.82) is 0 Å². The van der Waals surface area contributed by atoms with Crippen LogP contribution in [0.5, 0.6) is 0 Å². The van der Waals surface area contributed by atoms with Crippen molar-refractivity contribution in [3.8, 4) is 0 Å². The number of nitrogens with one attached hydrogen (secondary N) is 1. The molecule has 1 aromatic heterocycles. The Balaban J connectivity index is 2.00. The maximum Gasteiger partial charge on any atom is 0.478 e. The van der Waals surface area contributed by atoms with Gasteiger partial charge in [-0.2, -0.15) is 0 Å². The summed E-state index contributed by atoms with van der Waals surface area (Å²) in [5.74, 6) is -3.69. The second kappa shape index (κ2) is 9.31. The minimum Gasteiger partial charge on any atom is -0.481 e. The Morgan fingerprint density at radius 3 is 2.69 bits per heavy atom. The van der Waals surface area contributed by atoms with Crippen molar-refractivity contribution in [1.82, 2.24) is 5.32 Å². The lowest BCUT2D eigenvalue weighted by Crippen LogP contribution is -2.54. The van der Waals surface area contributed by atoms with Gasteiger partial charge >= 0.3 is 19.1 Å². The Hall–Kier alpha value is -2.44. The molecule has 2 rings (SSSR count). The fourth-order valence-corrected chi connectivity index (χ4v) is 3.06. The van der Waals surface area contributed by atoms with Crippen LogP contribution >= 0.6 is 11.3 Å². The molecular weight excluding hydrogens is 367 g/mol. The number of oxime groups is 1. The van der Waals surface area contributed by atoms with Gasteiger partial charge in [0.15, 0.2) is 5.71 Å². The van der Waals surface area contributed by atoms with Crippen molar-refractivity contribution in [3.63, 3.8) is 0 Å². The number of carbonyl (C=O) groups is 3. The number of carboxylic acids is 2. The fraction of sp³-hybridized carbons (Fsp3) is 0.429. The summed E-state index contributed by atoms with van der Waals surface area (Å²) in [6.45, 7) is -0.700. The maximum atomic E-state index is 12.5. The second-order valence-corrected chi connectivity index (χ2v) is 6.44. The first-order valence-corrected chi connectivity index (χ1v) is 8.56. The van der Waals surface area contributed by atoms with Crippen LogP contribution in [0.1, 0.15) is 24.1 Å². The largest absolute Gasteiger partial charge is 0.481 e. The number of aliphatic carboxylic acids is 2. The van der Waals surface area contributed by atoms with Crippen molar-refractivity contribution in [2.75, 3.05) is 6.61 Å². The van der Waals surface area contributed by atoms with Gasteiger partial charge in [-0.1, -0.05) is 11.2 Å². The first-order valence-electron chi connectivity index (χ1n) is 7.68. The topological polar surface area (TPSA) is 155 Å². The van der Waals surface area contributed by atoms with E-state index in [2.05, 4.69) is 15.3 Å². The van der Waals surface area contributed by atoms with Gasteiger partial charge in [0, 0.05) is 0 Å². The van der Waals surface area contributed by atoms with E-state index >= 15 is 0 Å². The minimum absolute atomic E-state index is 0.124. The third kappa shape index (κ3) is 5.83. The van der Waals surface area contributed by atoms with Crippen LogP contribution in [0, 0.1) is 0 Å². The van der Waals surface area contributed by atoms with Gasteiger partial charge in [-0.3, -0.25) is 9.59 Å². The van der Waals surface area contributed by atoms with Gasteiger partial charge in [0.2, 0.25) is 6.61 Å². The van der Waals surface area contributed by atoms with E-state index in [9.17, 15) is 19.4 Å². The molecule has 140 valence electrons. The lowest BCUT2D eigenvalue weighted by molar-refractivity contribution is -0.142. The number of carbonyl (C=O) groups excluding carboxylic acids is 1. The number of nitrogens with zero attached hydrogens (tertiary/aromatic N) is 1. The average Bonchev–Trinajstić information content (AvgIpc) is 3.07. The Kier molecular flexibility index (Phi) is 7.12. The molecule has 1 amide bonds. The molecule has 0 bridgehead atoms. The predicted molar refractivity (Wildman–Crippen MR) is 90.7 cm³/mol. The van der Waals surface area contributed by atoms with E-state index in [0.717, 1.165) is 0 Å². The molecule has 0 aromatic carbocycles. The van der Waals surface area contributed by atoms with Crippen LogP contribution in [-0.4, -0.2) is 64.6 Å². The highest BCUT2D eigenvalue weighted by Crippen LogP contribution is 2.19. The number of rotatable bonds is 8. The number of amides is 1. The third-order valence-corrected chi connectivity index (χ3v) is 4.38. The molecule has 2 heterocycles. The summed E-state index contributed by atoms with van der Waals surface area (Å²) < 4.78 is 5.21. The van der Waals surface area contributed by atoms with Gasteiger partial charge < -0.3 is 30.0 Å². The van der Waals surface area contributed by atoms with E-state index in [-0.39, 0.29) is 12.1 Å². The molecule has 26 heavy (non-hydrogen) atoms. The molecule has 2 atom stereocenters. The number of hydrogen-bond donors (Lipinski definition) is 4. The summed E-state index contributed by atoms with van der Waals surface area (Å²) in [5.41, 5.74) is -0.124. The zero-order chi connectivity index (χ0) is 19.1. The maximum absolute atomic E-state index is 12.5. The highest BCUT2D eigenvalue weighted by atomic mass is 32.1. The standard InChI is InChI=1S/C14H17BN2O8S/c18-11(19)6-8-3-4-10(15(23)25-8)16-14(22)13(9-2-1-5-26-9)17-24-7-12(20)21/h1-2,5,8,10,23H,3-4,6-7H2,(H,16,22)(H,18,19)(H,20,21)/b17-13+.